The second kappa shape index (κ2) is 8.30. The summed E-state index contributed by atoms with van der Waals surface area (Å²) in [7, 11) is 3.66. The van der Waals surface area contributed by atoms with E-state index in [0.29, 0.717) is 13.2 Å². The van der Waals surface area contributed by atoms with E-state index in [-0.39, 0.29) is 5.54 Å². The lowest BCUT2D eigenvalue weighted by Crippen LogP contribution is -2.35. The zero-order valence-corrected chi connectivity index (χ0v) is 12.6. The summed E-state index contributed by atoms with van der Waals surface area (Å²) in [4.78, 5) is 4.25. The van der Waals surface area contributed by atoms with Crippen molar-refractivity contribution in [2.75, 3.05) is 34.0 Å². The van der Waals surface area contributed by atoms with Gasteiger partial charge >= 0.3 is 0 Å². The molecule has 5 heteroatoms. The van der Waals surface area contributed by atoms with Crippen LogP contribution in [0.5, 0.6) is 0 Å². The molecule has 0 amide bonds. The van der Waals surface area contributed by atoms with Gasteiger partial charge in [-0.2, -0.15) is 0 Å². The number of aryl methyl sites for hydroxylation is 1. The fourth-order valence-corrected chi connectivity index (χ4v) is 1.88. The average molecular weight is 269 g/mol. The first-order valence-electron chi connectivity index (χ1n) is 6.88. The lowest BCUT2D eigenvalue weighted by molar-refractivity contribution is 0.0683. The van der Waals surface area contributed by atoms with Crippen molar-refractivity contribution in [2.45, 2.75) is 38.8 Å². The molecule has 1 rings (SSSR count). The van der Waals surface area contributed by atoms with Crippen LogP contribution in [0.4, 0.5) is 0 Å². The minimum atomic E-state index is -0.0501. The van der Waals surface area contributed by atoms with Gasteiger partial charge in [0.15, 0.2) is 0 Å². The van der Waals surface area contributed by atoms with Crippen LogP contribution in [0.3, 0.4) is 0 Å². The molecule has 0 saturated heterocycles. The third-order valence-electron chi connectivity index (χ3n) is 3.35. The molecule has 5 nitrogen and oxygen atoms in total. The predicted molar refractivity (Wildman–Crippen MR) is 76.2 cm³/mol. The van der Waals surface area contributed by atoms with E-state index in [9.17, 15) is 0 Å². The van der Waals surface area contributed by atoms with Crippen molar-refractivity contribution in [1.82, 2.24) is 14.9 Å². The van der Waals surface area contributed by atoms with Gasteiger partial charge in [-0.05, 0) is 33.7 Å². The Bertz CT molecular complexity index is 350. The summed E-state index contributed by atoms with van der Waals surface area (Å²) in [6, 6.07) is 0. The van der Waals surface area contributed by atoms with Crippen molar-refractivity contribution in [3.63, 3.8) is 0 Å². The fourth-order valence-electron chi connectivity index (χ4n) is 1.88. The number of ether oxygens (including phenoxy) is 2. The fraction of sp³-hybridized carbons (Fsp3) is 0.786. The van der Waals surface area contributed by atoms with E-state index in [0.717, 1.165) is 26.0 Å². The van der Waals surface area contributed by atoms with Crippen molar-refractivity contribution in [2.24, 2.45) is 0 Å². The minimum absolute atomic E-state index is 0.0501. The van der Waals surface area contributed by atoms with E-state index in [1.807, 2.05) is 19.6 Å². The lowest BCUT2D eigenvalue weighted by Gasteiger charge is -2.25. The van der Waals surface area contributed by atoms with E-state index in [2.05, 4.69) is 28.7 Å². The largest absolute Gasteiger partial charge is 0.382 e. The maximum Gasteiger partial charge on any atom is 0.0948 e. The molecule has 19 heavy (non-hydrogen) atoms. The van der Waals surface area contributed by atoms with Gasteiger partial charge in [-0.25, -0.2) is 4.98 Å². The monoisotopic (exact) mass is 269 g/mol. The van der Waals surface area contributed by atoms with Crippen LogP contribution in [-0.4, -0.2) is 43.5 Å². The summed E-state index contributed by atoms with van der Waals surface area (Å²) in [5.74, 6) is 0. The molecule has 0 spiro atoms. The van der Waals surface area contributed by atoms with Gasteiger partial charge in [-0.15, -0.1) is 0 Å². The minimum Gasteiger partial charge on any atom is -0.382 e. The molecule has 0 aliphatic carbocycles. The number of imidazole rings is 1. The number of hydrogen-bond acceptors (Lipinski definition) is 4. The Morgan fingerprint density at radius 2 is 2.05 bits per heavy atom. The molecule has 1 N–H and O–H groups in total. The molecule has 0 radical (unpaired) electrons. The highest BCUT2D eigenvalue weighted by Crippen LogP contribution is 2.19. The molecule has 1 heterocycles. The molecule has 0 aromatic carbocycles. The summed E-state index contributed by atoms with van der Waals surface area (Å²) in [6.07, 6.45) is 5.99. The van der Waals surface area contributed by atoms with Gasteiger partial charge in [0.05, 0.1) is 30.8 Å². The first-order valence-corrected chi connectivity index (χ1v) is 6.88. The summed E-state index contributed by atoms with van der Waals surface area (Å²) >= 11 is 0. The zero-order chi connectivity index (χ0) is 14.1. The third-order valence-corrected chi connectivity index (χ3v) is 3.35. The zero-order valence-electron chi connectivity index (χ0n) is 12.6. The normalized spacial score (nSPS) is 12.0. The van der Waals surface area contributed by atoms with Crippen molar-refractivity contribution in [3.8, 4) is 0 Å². The van der Waals surface area contributed by atoms with Gasteiger partial charge in [0, 0.05) is 26.5 Å². The van der Waals surface area contributed by atoms with Gasteiger partial charge in [-0.3, -0.25) is 0 Å². The van der Waals surface area contributed by atoms with Gasteiger partial charge in [0.1, 0.15) is 0 Å². The van der Waals surface area contributed by atoms with Crippen LogP contribution in [0, 0.1) is 0 Å². The number of nitrogens with zero attached hydrogens (tertiary/aromatic N) is 2. The molecule has 0 fully saturated rings. The molecule has 0 unspecified atom stereocenters. The number of unbranched alkanes of at least 4 members (excludes halogenated alkanes) is 1. The van der Waals surface area contributed by atoms with Crippen molar-refractivity contribution in [1.29, 1.82) is 0 Å². The summed E-state index contributed by atoms with van der Waals surface area (Å²) < 4.78 is 12.6. The standard InChI is InChI=1S/C14H27N3O2/c1-14(2,15-3)13-11-16-12-17(13)7-5-6-8-19-10-9-18-4/h11-12,15H,5-10H2,1-4H3. The average Bonchev–Trinajstić information content (AvgIpc) is 2.87. The lowest BCUT2D eigenvalue weighted by atomic mass is 10.0. The first kappa shape index (κ1) is 16.1. The number of hydrogen-bond donors (Lipinski definition) is 1. The molecule has 110 valence electrons. The van der Waals surface area contributed by atoms with Crippen LogP contribution >= 0.6 is 0 Å². The highest BCUT2D eigenvalue weighted by Gasteiger charge is 2.21. The molecule has 0 aliphatic heterocycles. The second-order valence-corrected chi connectivity index (χ2v) is 5.16. The predicted octanol–water partition coefficient (Wildman–Crippen LogP) is 1.78. The van der Waals surface area contributed by atoms with E-state index >= 15 is 0 Å². The Morgan fingerprint density at radius 1 is 1.26 bits per heavy atom. The Hall–Kier alpha value is -0.910. The Morgan fingerprint density at radius 3 is 2.74 bits per heavy atom. The first-order chi connectivity index (χ1) is 9.11. The SMILES string of the molecule is CNC(C)(C)c1cncn1CCCCOCCOC. The third kappa shape index (κ3) is 5.30. The molecule has 0 atom stereocenters. The number of nitrogens with one attached hydrogen (secondary N) is 1. The number of aromatic nitrogens is 2. The van der Waals surface area contributed by atoms with Gasteiger partial charge < -0.3 is 19.4 Å². The molecule has 0 bridgehead atoms. The van der Waals surface area contributed by atoms with E-state index in [1.54, 1.807) is 7.11 Å². The van der Waals surface area contributed by atoms with Crippen LogP contribution < -0.4 is 5.32 Å². The van der Waals surface area contributed by atoms with Crippen molar-refractivity contribution >= 4 is 0 Å². The molecule has 0 saturated carbocycles. The Labute approximate surface area is 116 Å². The quantitative estimate of drug-likeness (QED) is 0.658. The van der Waals surface area contributed by atoms with Crippen molar-refractivity contribution in [3.05, 3.63) is 18.2 Å². The molecule has 0 aliphatic rings. The van der Waals surface area contributed by atoms with Gasteiger partial charge in [0.2, 0.25) is 0 Å². The van der Waals surface area contributed by atoms with E-state index < -0.39 is 0 Å². The maximum absolute atomic E-state index is 5.45. The number of methoxy groups -OCH3 is 1. The summed E-state index contributed by atoms with van der Waals surface area (Å²) in [5.41, 5.74) is 1.17. The highest BCUT2D eigenvalue weighted by molar-refractivity contribution is 5.10. The Kier molecular flexibility index (Phi) is 7.05. The van der Waals surface area contributed by atoms with Crippen LogP contribution in [0.2, 0.25) is 0 Å². The second-order valence-electron chi connectivity index (χ2n) is 5.16. The smallest absolute Gasteiger partial charge is 0.0948 e. The maximum atomic E-state index is 5.45. The summed E-state index contributed by atoms with van der Waals surface area (Å²) in [6.45, 7) is 7.45. The van der Waals surface area contributed by atoms with Crippen LogP contribution in [0.1, 0.15) is 32.4 Å². The van der Waals surface area contributed by atoms with Gasteiger partial charge in [-0.1, -0.05) is 0 Å². The molecular weight excluding hydrogens is 242 g/mol. The topological polar surface area (TPSA) is 48.3 Å². The van der Waals surface area contributed by atoms with Crippen LogP contribution in [-0.2, 0) is 21.6 Å². The number of rotatable bonds is 10. The van der Waals surface area contributed by atoms with E-state index in [1.165, 1.54) is 5.69 Å². The Balaban J connectivity index is 2.29. The highest BCUT2D eigenvalue weighted by atomic mass is 16.5. The van der Waals surface area contributed by atoms with Crippen molar-refractivity contribution < 1.29 is 9.47 Å². The van der Waals surface area contributed by atoms with Crippen LogP contribution in [0.15, 0.2) is 12.5 Å². The molecular formula is C14H27N3O2. The van der Waals surface area contributed by atoms with Gasteiger partial charge in [0.25, 0.3) is 0 Å². The summed E-state index contributed by atoms with van der Waals surface area (Å²) in [5, 5.41) is 3.31. The van der Waals surface area contributed by atoms with Crippen LogP contribution in [0.25, 0.3) is 0 Å². The molecule has 1 aromatic rings. The van der Waals surface area contributed by atoms with E-state index in [4.69, 9.17) is 9.47 Å². The molecule has 1 aromatic heterocycles.